The summed E-state index contributed by atoms with van der Waals surface area (Å²) in [5.41, 5.74) is -0.127. The monoisotopic (exact) mass is 576 g/mol. The van der Waals surface area contributed by atoms with Crippen molar-refractivity contribution in [3.63, 3.8) is 0 Å². The van der Waals surface area contributed by atoms with Crippen molar-refractivity contribution in [2.75, 3.05) is 6.61 Å². The number of benzene rings is 2. The van der Waals surface area contributed by atoms with Crippen LogP contribution in [0.1, 0.15) is 13.3 Å². The second-order valence-electron chi connectivity index (χ2n) is 10.5. The average Bonchev–Trinajstić information content (AvgIpc) is 2.94. The van der Waals surface area contributed by atoms with Gasteiger partial charge in [-0.05, 0) is 36.6 Å². The summed E-state index contributed by atoms with van der Waals surface area (Å²) in [4.78, 5) is 12.8. The van der Waals surface area contributed by atoms with Gasteiger partial charge in [0.2, 0.25) is 6.29 Å². The second kappa shape index (κ2) is 11.5. The van der Waals surface area contributed by atoms with E-state index in [1.54, 1.807) is 6.92 Å². The zero-order chi connectivity index (χ0) is 29.6. The van der Waals surface area contributed by atoms with Crippen molar-refractivity contribution < 1.29 is 59.5 Å². The van der Waals surface area contributed by atoms with Gasteiger partial charge in [-0.2, -0.15) is 0 Å². The number of aliphatic hydroxyl groups is 6. The minimum atomic E-state index is -1.68. The summed E-state index contributed by atoms with van der Waals surface area (Å²) in [7, 11) is 0. The van der Waals surface area contributed by atoms with E-state index in [1.165, 1.54) is 36.4 Å². The molecule has 0 unspecified atom stereocenters. The summed E-state index contributed by atoms with van der Waals surface area (Å²) in [6.07, 6.45) is -12.8. The zero-order valence-corrected chi connectivity index (χ0v) is 21.8. The highest BCUT2D eigenvalue weighted by molar-refractivity contribution is 5.86. The van der Waals surface area contributed by atoms with E-state index in [9.17, 15) is 45.6 Å². The van der Waals surface area contributed by atoms with E-state index in [1.807, 2.05) is 0 Å². The molecule has 1 aliphatic heterocycles. The molecule has 0 bridgehead atoms. The number of aromatic hydroxyl groups is 2. The number of phenols is 2. The van der Waals surface area contributed by atoms with Crippen molar-refractivity contribution in [1.82, 2.24) is 0 Å². The Hall–Kier alpha value is -3.27. The number of rotatable bonds is 6. The molecule has 0 spiro atoms. The van der Waals surface area contributed by atoms with Crippen molar-refractivity contribution in [3.8, 4) is 28.6 Å². The molecule has 13 nitrogen and oxygen atoms in total. The van der Waals surface area contributed by atoms with Crippen LogP contribution in [0.5, 0.6) is 17.2 Å². The minimum Gasteiger partial charge on any atom is -0.508 e. The van der Waals surface area contributed by atoms with E-state index in [-0.39, 0.29) is 34.6 Å². The van der Waals surface area contributed by atoms with Crippen LogP contribution >= 0.6 is 0 Å². The highest BCUT2D eigenvalue weighted by Gasteiger charge is 2.50. The van der Waals surface area contributed by atoms with Gasteiger partial charge in [-0.1, -0.05) is 6.92 Å². The maximum Gasteiger partial charge on any atom is 0.229 e. The molecule has 222 valence electrons. The van der Waals surface area contributed by atoms with Gasteiger partial charge in [0.15, 0.2) is 5.43 Å². The van der Waals surface area contributed by atoms with E-state index < -0.39 is 78.8 Å². The molecule has 2 aliphatic rings. The first kappa shape index (κ1) is 29.2. The van der Waals surface area contributed by atoms with Crippen molar-refractivity contribution in [2.45, 2.75) is 68.5 Å². The van der Waals surface area contributed by atoms with Crippen LogP contribution in [-0.4, -0.2) is 103 Å². The first-order chi connectivity index (χ1) is 19.5. The molecule has 8 N–H and O–H groups in total. The van der Waals surface area contributed by atoms with Gasteiger partial charge in [0.25, 0.3) is 0 Å². The number of hydrogen-bond acceptors (Lipinski definition) is 13. The summed E-state index contributed by atoms with van der Waals surface area (Å²) in [5, 5.41) is 81.9. The third-order valence-corrected chi connectivity index (χ3v) is 7.61. The molecule has 2 fully saturated rings. The largest absolute Gasteiger partial charge is 0.508 e. The quantitative estimate of drug-likeness (QED) is 0.187. The van der Waals surface area contributed by atoms with Gasteiger partial charge in [-0.25, -0.2) is 0 Å². The minimum absolute atomic E-state index is 0.0175. The number of hydrogen-bond donors (Lipinski definition) is 8. The lowest BCUT2D eigenvalue weighted by atomic mass is 9.81. The van der Waals surface area contributed by atoms with Crippen LogP contribution in [-0.2, 0) is 9.47 Å². The van der Waals surface area contributed by atoms with E-state index in [0.29, 0.717) is 5.56 Å². The van der Waals surface area contributed by atoms with Gasteiger partial charge in [-0.3, -0.25) is 4.79 Å². The molecular formula is C28H32O13. The van der Waals surface area contributed by atoms with Crippen molar-refractivity contribution in [3.05, 3.63) is 52.7 Å². The highest BCUT2D eigenvalue weighted by atomic mass is 16.7. The van der Waals surface area contributed by atoms with Crippen LogP contribution in [0.25, 0.3) is 22.3 Å². The van der Waals surface area contributed by atoms with Crippen LogP contribution in [0.4, 0.5) is 0 Å². The van der Waals surface area contributed by atoms with Gasteiger partial charge < -0.3 is 59.5 Å². The van der Waals surface area contributed by atoms with Gasteiger partial charge in [-0.15, -0.1) is 0 Å². The van der Waals surface area contributed by atoms with Crippen LogP contribution < -0.4 is 10.2 Å². The molecule has 1 saturated heterocycles. The standard InChI is InChI=1S/C28H32O13/c1-11-6-19(23(34)25(36)22(11)33)40-27-26(37)24(35)20(10-29)41-28(27)38-14-7-15(31)21-16(32)9-17(39-18(21)8-14)12-2-4-13(30)5-3-12/h2-5,7-9,11,19-20,22-31,33-37H,6,10H2,1H3/t11-,19-,20-,22+,23+,24-,25-,26+,27-,28-/m1/s1. The first-order valence-corrected chi connectivity index (χ1v) is 13.1. The molecule has 5 rings (SSSR count). The second-order valence-corrected chi connectivity index (χ2v) is 10.5. The van der Waals surface area contributed by atoms with Crippen LogP contribution in [0.15, 0.2) is 51.7 Å². The lowest BCUT2D eigenvalue weighted by molar-refractivity contribution is -0.307. The molecular weight excluding hydrogens is 544 g/mol. The Labute approximate surface area is 233 Å². The molecule has 0 amide bonds. The normalized spacial score (nSPS) is 34.0. The molecule has 1 saturated carbocycles. The summed E-state index contributed by atoms with van der Waals surface area (Å²) in [5.74, 6) is -0.881. The molecule has 1 aromatic heterocycles. The first-order valence-electron chi connectivity index (χ1n) is 13.1. The molecule has 1 aliphatic carbocycles. The molecule has 2 heterocycles. The Bertz CT molecular complexity index is 1420. The molecule has 2 aromatic carbocycles. The Balaban J connectivity index is 1.47. The van der Waals surface area contributed by atoms with Gasteiger partial charge in [0, 0.05) is 23.8 Å². The summed E-state index contributed by atoms with van der Waals surface area (Å²) >= 11 is 0. The maximum absolute atomic E-state index is 12.8. The Morgan fingerprint density at radius 3 is 2.29 bits per heavy atom. The predicted octanol–water partition coefficient (Wildman–Crippen LogP) is -0.435. The van der Waals surface area contributed by atoms with E-state index in [4.69, 9.17) is 18.6 Å². The fraction of sp³-hybridized carbons (Fsp3) is 0.464. The van der Waals surface area contributed by atoms with E-state index >= 15 is 0 Å². The van der Waals surface area contributed by atoms with Crippen molar-refractivity contribution in [1.29, 1.82) is 0 Å². The van der Waals surface area contributed by atoms with E-state index in [2.05, 4.69) is 0 Å². The van der Waals surface area contributed by atoms with Crippen molar-refractivity contribution >= 4 is 11.0 Å². The Kier molecular flexibility index (Phi) is 8.23. The molecule has 0 radical (unpaired) electrons. The van der Waals surface area contributed by atoms with E-state index in [0.717, 1.165) is 6.07 Å². The number of fused-ring (bicyclic) bond motifs is 1. The fourth-order valence-electron chi connectivity index (χ4n) is 5.25. The lowest BCUT2D eigenvalue weighted by Gasteiger charge is -2.45. The molecule has 41 heavy (non-hydrogen) atoms. The third kappa shape index (κ3) is 5.63. The molecule has 3 aromatic rings. The smallest absolute Gasteiger partial charge is 0.229 e. The van der Waals surface area contributed by atoms with Gasteiger partial charge in [0.05, 0.1) is 18.8 Å². The third-order valence-electron chi connectivity index (χ3n) is 7.61. The summed E-state index contributed by atoms with van der Waals surface area (Å²) in [6.45, 7) is 0.958. The lowest BCUT2D eigenvalue weighted by Crippen LogP contribution is -2.63. The van der Waals surface area contributed by atoms with Crippen molar-refractivity contribution in [2.24, 2.45) is 5.92 Å². The van der Waals surface area contributed by atoms with Crippen LogP contribution in [0.2, 0.25) is 0 Å². The highest BCUT2D eigenvalue weighted by Crippen LogP contribution is 2.36. The van der Waals surface area contributed by atoms with Gasteiger partial charge >= 0.3 is 0 Å². The Morgan fingerprint density at radius 1 is 0.902 bits per heavy atom. The number of aliphatic hydroxyl groups excluding tert-OH is 6. The molecule has 13 heteroatoms. The SMILES string of the molecule is C[C@@H]1C[C@@H](O[C@H]2[C@H](Oc3cc(O)c4c(=O)cc(-c5ccc(O)cc5)oc4c3)O[C@H](CO)[C@@H](O)[C@@H]2O)[C@H](O)[C@H](O)[C@H]1O. The van der Waals surface area contributed by atoms with Crippen LogP contribution in [0.3, 0.4) is 0 Å². The summed E-state index contributed by atoms with van der Waals surface area (Å²) < 4.78 is 23.3. The predicted molar refractivity (Wildman–Crippen MR) is 140 cm³/mol. The number of phenolic OH excluding ortho intramolecular Hbond substituents is 2. The zero-order valence-electron chi connectivity index (χ0n) is 21.8. The maximum atomic E-state index is 12.8. The number of ether oxygens (including phenoxy) is 3. The molecule has 10 atom stereocenters. The Morgan fingerprint density at radius 2 is 1.61 bits per heavy atom. The van der Waals surface area contributed by atoms with Gasteiger partial charge in [0.1, 0.15) is 70.6 Å². The fourth-order valence-corrected chi connectivity index (χ4v) is 5.25. The topological polar surface area (TPSA) is 220 Å². The summed E-state index contributed by atoms with van der Waals surface area (Å²) in [6, 6.07) is 9.50. The average molecular weight is 577 g/mol. The van der Waals surface area contributed by atoms with Crippen LogP contribution in [0, 0.1) is 5.92 Å².